The average Bonchev–Trinajstić information content (AvgIpc) is 2.85. The van der Waals surface area contributed by atoms with Gasteiger partial charge < -0.3 is 14.0 Å². The Morgan fingerprint density at radius 2 is 2.00 bits per heavy atom. The number of hydrogen-bond acceptors (Lipinski definition) is 6. The fourth-order valence-electron chi connectivity index (χ4n) is 1.87. The zero-order chi connectivity index (χ0) is 13.2. The Hall–Kier alpha value is -1.69. The minimum atomic E-state index is 0.409. The quantitative estimate of drug-likeness (QED) is 0.856. The normalized spacial score (nSPS) is 15.1. The molecule has 1 saturated heterocycles. The predicted octanol–water partition coefficient (Wildman–Crippen LogP) is 2.58. The lowest BCUT2D eigenvalue weighted by molar-refractivity contribution is 0.355. The van der Waals surface area contributed by atoms with E-state index in [1.54, 1.807) is 14.2 Å². The fraction of sp³-hybridized carbons (Fsp3) is 0.385. The summed E-state index contributed by atoms with van der Waals surface area (Å²) < 4.78 is 15.8. The molecule has 0 saturated carbocycles. The van der Waals surface area contributed by atoms with Gasteiger partial charge in [0.2, 0.25) is 11.7 Å². The van der Waals surface area contributed by atoms with Gasteiger partial charge in [-0.1, -0.05) is 5.16 Å². The largest absolute Gasteiger partial charge is 0.493 e. The van der Waals surface area contributed by atoms with Crippen molar-refractivity contribution < 1.29 is 14.0 Å². The maximum atomic E-state index is 5.31. The van der Waals surface area contributed by atoms with Crippen LogP contribution < -0.4 is 9.47 Å². The Morgan fingerprint density at radius 3 is 2.63 bits per heavy atom. The van der Waals surface area contributed by atoms with Crippen molar-refractivity contribution in [2.24, 2.45) is 0 Å². The van der Waals surface area contributed by atoms with Gasteiger partial charge in [0.1, 0.15) is 0 Å². The highest BCUT2D eigenvalue weighted by Gasteiger charge is 2.26. The molecule has 0 spiro atoms. The van der Waals surface area contributed by atoms with Gasteiger partial charge in [-0.3, -0.25) is 0 Å². The highest BCUT2D eigenvalue weighted by atomic mass is 32.2. The maximum Gasteiger partial charge on any atom is 0.231 e. The monoisotopic (exact) mass is 278 g/mol. The summed E-state index contributed by atoms with van der Waals surface area (Å²) in [4.78, 5) is 4.45. The molecule has 1 aromatic heterocycles. The molecule has 2 heterocycles. The van der Waals surface area contributed by atoms with Gasteiger partial charge in [0.15, 0.2) is 11.5 Å². The lowest BCUT2D eigenvalue weighted by Gasteiger charge is -2.19. The molecule has 6 heteroatoms. The van der Waals surface area contributed by atoms with Gasteiger partial charge in [0, 0.05) is 17.1 Å². The Kier molecular flexibility index (Phi) is 3.33. The molecule has 3 rings (SSSR count). The molecule has 1 aliphatic rings. The van der Waals surface area contributed by atoms with E-state index in [-0.39, 0.29) is 0 Å². The summed E-state index contributed by atoms with van der Waals surface area (Å²) in [6.07, 6.45) is 0. The van der Waals surface area contributed by atoms with E-state index >= 15 is 0 Å². The minimum absolute atomic E-state index is 0.409. The van der Waals surface area contributed by atoms with Crippen LogP contribution in [0.1, 0.15) is 11.8 Å². The van der Waals surface area contributed by atoms with Crippen molar-refractivity contribution in [3.05, 3.63) is 24.1 Å². The number of thioether (sulfide) groups is 1. The molecule has 0 unspecified atom stereocenters. The third-order valence-corrected chi connectivity index (χ3v) is 4.35. The van der Waals surface area contributed by atoms with Crippen LogP contribution in [0.2, 0.25) is 0 Å². The van der Waals surface area contributed by atoms with Crippen molar-refractivity contribution in [2.45, 2.75) is 5.92 Å². The van der Waals surface area contributed by atoms with Gasteiger partial charge in [-0.15, -0.1) is 0 Å². The number of methoxy groups -OCH3 is 2. The van der Waals surface area contributed by atoms with Crippen LogP contribution in [0, 0.1) is 0 Å². The summed E-state index contributed by atoms with van der Waals surface area (Å²) in [7, 11) is 3.22. The molecule has 2 aromatic rings. The molecule has 100 valence electrons. The summed E-state index contributed by atoms with van der Waals surface area (Å²) in [6.45, 7) is 0. The Labute approximate surface area is 115 Å². The summed E-state index contributed by atoms with van der Waals surface area (Å²) in [5.41, 5.74) is 0.861. The molecule has 0 atom stereocenters. The number of aromatic nitrogens is 2. The van der Waals surface area contributed by atoms with E-state index in [0.29, 0.717) is 23.2 Å². The van der Waals surface area contributed by atoms with Gasteiger partial charge in [0.25, 0.3) is 0 Å². The third kappa shape index (κ3) is 2.28. The van der Waals surface area contributed by atoms with Crippen LogP contribution in [0.5, 0.6) is 11.5 Å². The second kappa shape index (κ2) is 5.13. The molecule has 5 nitrogen and oxygen atoms in total. The van der Waals surface area contributed by atoms with Crippen LogP contribution in [0.15, 0.2) is 22.7 Å². The zero-order valence-electron chi connectivity index (χ0n) is 10.8. The molecule has 0 radical (unpaired) electrons. The van der Waals surface area contributed by atoms with E-state index in [0.717, 1.165) is 23.0 Å². The molecule has 0 aliphatic carbocycles. The first kappa shape index (κ1) is 12.3. The number of rotatable bonds is 4. The first-order chi connectivity index (χ1) is 9.31. The third-order valence-electron chi connectivity index (χ3n) is 3.07. The molecule has 1 fully saturated rings. The molecular formula is C13H14N2O3S. The number of hydrogen-bond donors (Lipinski definition) is 0. The molecular weight excluding hydrogens is 264 g/mol. The van der Waals surface area contributed by atoms with Crippen molar-refractivity contribution in [2.75, 3.05) is 25.7 Å². The van der Waals surface area contributed by atoms with Gasteiger partial charge in [-0.25, -0.2) is 0 Å². The van der Waals surface area contributed by atoms with Crippen LogP contribution in [0.25, 0.3) is 11.4 Å². The van der Waals surface area contributed by atoms with Crippen LogP contribution in [0.4, 0.5) is 0 Å². The van der Waals surface area contributed by atoms with E-state index < -0.39 is 0 Å². The molecule has 1 aliphatic heterocycles. The van der Waals surface area contributed by atoms with Crippen molar-refractivity contribution >= 4 is 11.8 Å². The van der Waals surface area contributed by atoms with E-state index in [4.69, 9.17) is 14.0 Å². The summed E-state index contributed by atoms with van der Waals surface area (Å²) in [5, 5.41) is 4.03. The fourth-order valence-corrected chi connectivity index (χ4v) is 2.63. The highest BCUT2D eigenvalue weighted by Crippen LogP contribution is 2.35. The first-order valence-corrected chi connectivity index (χ1v) is 7.11. The second-order valence-corrected chi connectivity index (χ2v) is 5.34. The van der Waals surface area contributed by atoms with Gasteiger partial charge >= 0.3 is 0 Å². The SMILES string of the molecule is COc1ccc(-c2noc(C3CSC3)n2)cc1OC. The van der Waals surface area contributed by atoms with E-state index in [1.165, 1.54) is 0 Å². The van der Waals surface area contributed by atoms with E-state index in [1.807, 2.05) is 30.0 Å². The Bertz CT molecular complexity index is 581. The Morgan fingerprint density at radius 1 is 1.21 bits per heavy atom. The lowest BCUT2D eigenvalue weighted by Crippen LogP contribution is -2.15. The van der Waals surface area contributed by atoms with Gasteiger partial charge in [-0.2, -0.15) is 16.7 Å². The summed E-state index contributed by atoms with van der Waals surface area (Å²) in [5.74, 6) is 5.19. The number of ether oxygens (including phenoxy) is 2. The molecule has 19 heavy (non-hydrogen) atoms. The van der Waals surface area contributed by atoms with Gasteiger partial charge in [-0.05, 0) is 18.2 Å². The summed E-state index contributed by atoms with van der Waals surface area (Å²) in [6, 6.07) is 5.58. The molecule has 0 amide bonds. The molecule has 0 bridgehead atoms. The summed E-state index contributed by atoms with van der Waals surface area (Å²) >= 11 is 1.89. The number of nitrogens with zero attached hydrogens (tertiary/aromatic N) is 2. The standard InChI is InChI=1S/C13H14N2O3S/c1-16-10-4-3-8(5-11(10)17-2)12-14-13(18-15-12)9-6-19-7-9/h3-5,9H,6-7H2,1-2H3. The van der Waals surface area contributed by atoms with Crippen molar-refractivity contribution in [1.82, 2.24) is 10.1 Å². The molecule has 0 N–H and O–H groups in total. The second-order valence-electron chi connectivity index (χ2n) is 4.26. The number of benzene rings is 1. The smallest absolute Gasteiger partial charge is 0.231 e. The van der Waals surface area contributed by atoms with E-state index in [9.17, 15) is 0 Å². The minimum Gasteiger partial charge on any atom is -0.493 e. The first-order valence-electron chi connectivity index (χ1n) is 5.95. The highest BCUT2D eigenvalue weighted by molar-refractivity contribution is 8.00. The average molecular weight is 278 g/mol. The van der Waals surface area contributed by atoms with E-state index in [2.05, 4.69) is 10.1 Å². The lowest BCUT2D eigenvalue weighted by atomic mass is 10.2. The molecule has 1 aromatic carbocycles. The maximum absolute atomic E-state index is 5.31. The predicted molar refractivity (Wildman–Crippen MR) is 72.9 cm³/mol. The van der Waals surface area contributed by atoms with Crippen LogP contribution >= 0.6 is 11.8 Å². The van der Waals surface area contributed by atoms with Crippen molar-refractivity contribution in [1.29, 1.82) is 0 Å². The Balaban J connectivity index is 1.90. The van der Waals surface area contributed by atoms with Crippen LogP contribution in [-0.2, 0) is 0 Å². The van der Waals surface area contributed by atoms with Gasteiger partial charge in [0.05, 0.1) is 20.1 Å². The zero-order valence-corrected chi connectivity index (χ0v) is 11.6. The van der Waals surface area contributed by atoms with Crippen molar-refractivity contribution in [3.8, 4) is 22.9 Å². The van der Waals surface area contributed by atoms with Crippen molar-refractivity contribution in [3.63, 3.8) is 0 Å². The van der Waals surface area contributed by atoms with Crippen LogP contribution in [-0.4, -0.2) is 35.9 Å². The van der Waals surface area contributed by atoms with Crippen LogP contribution in [0.3, 0.4) is 0 Å². The topological polar surface area (TPSA) is 57.4 Å².